The van der Waals surface area contributed by atoms with Crippen molar-refractivity contribution in [3.05, 3.63) is 63.6 Å². The Bertz CT molecular complexity index is 644. The highest BCUT2D eigenvalue weighted by Crippen LogP contribution is 2.31. The molecule has 20 heavy (non-hydrogen) atoms. The Hall–Kier alpha value is -1.71. The summed E-state index contributed by atoms with van der Waals surface area (Å²) < 4.78 is 0. The van der Waals surface area contributed by atoms with Crippen LogP contribution < -0.4 is 11.1 Å². The molecule has 2 aromatic carbocycles. The molecule has 5 heteroatoms. The van der Waals surface area contributed by atoms with Crippen molar-refractivity contribution in [2.24, 2.45) is 5.73 Å². The number of primary amides is 1. The van der Waals surface area contributed by atoms with Gasteiger partial charge in [0.25, 0.3) is 0 Å². The first-order valence-corrected chi connectivity index (χ1v) is 6.81. The van der Waals surface area contributed by atoms with Crippen LogP contribution in [0.1, 0.15) is 17.2 Å². The number of nitrogens with two attached hydrogens (primary N) is 1. The van der Waals surface area contributed by atoms with Crippen molar-refractivity contribution in [3.63, 3.8) is 0 Å². The Kier molecular flexibility index (Phi) is 4.53. The maximum absolute atomic E-state index is 11.7. The van der Waals surface area contributed by atoms with E-state index < -0.39 is 11.9 Å². The zero-order valence-electron chi connectivity index (χ0n) is 10.9. The van der Waals surface area contributed by atoms with E-state index in [1.54, 1.807) is 18.2 Å². The van der Waals surface area contributed by atoms with Gasteiger partial charge in [0, 0.05) is 11.3 Å². The SMILES string of the molecule is Cc1cccc(NC(C(N)=O)c2cccc(Cl)c2Cl)c1. The summed E-state index contributed by atoms with van der Waals surface area (Å²) in [6.45, 7) is 1.97. The predicted octanol–water partition coefficient (Wildman–Crippen LogP) is 3.94. The third-order valence-corrected chi connectivity index (χ3v) is 3.74. The highest BCUT2D eigenvalue weighted by Gasteiger charge is 2.21. The number of aryl methyl sites for hydroxylation is 1. The smallest absolute Gasteiger partial charge is 0.244 e. The summed E-state index contributed by atoms with van der Waals surface area (Å²) in [5, 5.41) is 3.81. The molecule has 3 nitrogen and oxygen atoms in total. The third-order valence-electron chi connectivity index (χ3n) is 2.91. The molecule has 0 heterocycles. The van der Waals surface area contributed by atoms with E-state index in [2.05, 4.69) is 5.32 Å². The molecule has 0 aliphatic carbocycles. The van der Waals surface area contributed by atoms with Crippen LogP contribution >= 0.6 is 23.2 Å². The van der Waals surface area contributed by atoms with Crippen LogP contribution in [0.3, 0.4) is 0 Å². The molecule has 0 aromatic heterocycles. The van der Waals surface area contributed by atoms with Crippen molar-refractivity contribution >= 4 is 34.8 Å². The molecule has 0 aliphatic heterocycles. The van der Waals surface area contributed by atoms with Crippen LogP contribution in [0, 0.1) is 6.92 Å². The monoisotopic (exact) mass is 308 g/mol. The summed E-state index contributed by atoms with van der Waals surface area (Å²) in [6, 6.07) is 12.0. The van der Waals surface area contributed by atoms with Crippen LogP contribution in [0.15, 0.2) is 42.5 Å². The van der Waals surface area contributed by atoms with Crippen LogP contribution in [0.2, 0.25) is 10.0 Å². The minimum atomic E-state index is -0.733. The normalized spacial score (nSPS) is 11.9. The van der Waals surface area contributed by atoms with E-state index in [1.165, 1.54) is 0 Å². The number of nitrogens with one attached hydrogen (secondary N) is 1. The molecular formula is C15H14Cl2N2O. The van der Waals surface area contributed by atoms with Gasteiger partial charge in [-0.3, -0.25) is 4.79 Å². The van der Waals surface area contributed by atoms with Crippen LogP contribution in [0.5, 0.6) is 0 Å². The Morgan fingerprint density at radius 2 is 1.90 bits per heavy atom. The summed E-state index contributed by atoms with van der Waals surface area (Å²) in [5.41, 5.74) is 7.91. The lowest BCUT2D eigenvalue weighted by Crippen LogP contribution is -2.28. The summed E-state index contributed by atoms with van der Waals surface area (Å²) in [5.74, 6) is -0.518. The maximum atomic E-state index is 11.7. The van der Waals surface area contributed by atoms with Gasteiger partial charge in [-0.15, -0.1) is 0 Å². The Labute approximate surface area is 127 Å². The largest absolute Gasteiger partial charge is 0.370 e. The van der Waals surface area contributed by atoms with E-state index >= 15 is 0 Å². The molecule has 3 N–H and O–H groups in total. The first-order valence-electron chi connectivity index (χ1n) is 6.05. The van der Waals surface area contributed by atoms with Gasteiger partial charge in [-0.2, -0.15) is 0 Å². The zero-order valence-corrected chi connectivity index (χ0v) is 12.4. The van der Waals surface area contributed by atoms with Crippen molar-refractivity contribution in [2.45, 2.75) is 13.0 Å². The van der Waals surface area contributed by atoms with Crippen molar-refractivity contribution in [2.75, 3.05) is 5.32 Å². The van der Waals surface area contributed by atoms with E-state index in [0.29, 0.717) is 15.6 Å². The molecule has 0 fully saturated rings. The van der Waals surface area contributed by atoms with Crippen molar-refractivity contribution in [1.82, 2.24) is 0 Å². The number of hydrogen-bond donors (Lipinski definition) is 2. The van der Waals surface area contributed by atoms with Crippen LogP contribution in [-0.4, -0.2) is 5.91 Å². The van der Waals surface area contributed by atoms with Crippen molar-refractivity contribution in [3.8, 4) is 0 Å². The fraction of sp³-hybridized carbons (Fsp3) is 0.133. The number of amides is 1. The first kappa shape index (κ1) is 14.7. The molecule has 0 aliphatic rings. The van der Waals surface area contributed by atoms with Gasteiger partial charge in [0.15, 0.2) is 0 Å². The lowest BCUT2D eigenvalue weighted by atomic mass is 10.1. The second-order valence-corrected chi connectivity index (χ2v) is 5.28. The second-order valence-electron chi connectivity index (χ2n) is 4.49. The van der Waals surface area contributed by atoms with E-state index in [-0.39, 0.29) is 0 Å². The summed E-state index contributed by atoms with van der Waals surface area (Å²) in [4.78, 5) is 11.7. The minimum Gasteiger partial charge on any atom is -0.370 e. The summed E-state index contributed by atoms with van der Waals surface area (Å²) >= 11 is 12.1. The van der Waals surface area contributed by atoms with Crippen LogP contribution in [0.4, 0.5) is 5.69 Å². The number of carbonyl (C=O) groups excluding carboxylic acids is 1. The minimum absolute atomic E-state index is 0.332. The number of halogens is 2. The fourth-order valence-corrected chi connectivity index (χ4v) is 2.36. The molecule has 0 spiro atoms. The quantitative estimate of drug-likeness (QED) is 0.899. The number of carbonyl (C=O) groups is 1. The Morgan fingerprint density at radius 3 is 2.55 bits per heavy atom. The van der Waals surface area contributed by atoms with Crippen molar-refractivity contribution in [1.29, 1.82) is 0 Å². The van der Waals surface area contributed by atoms with E-state index in [0.717, 1.165) is 11.3 Å². The predicted molar refractivity (Wildman–Crippen MR) is 83.2 cm³/mol. The third kappa shape index (κ3) is 3.24. The fourth-order valence-electron chi connectivity index (χ4n) is 1.95. The highest BCUT2D eigenvalue weighted by molar-refractivity contribution is 6.42. The van der Waals surface area contributed by atoms with Gasteiger partial charge in [-0.25, -0.2) is 0 Å². The maximum Gasteiger partial charge on any atom is 0.244 e. The highest BCUT2D eigenvalue weighted by atomic mass is 35.5. The summed E-state index contributed by atoms with van der Waals surface area (Å²) in [7, 11) is 0. The standard InChI is InChI=1S/C15H14Cl2N2O/c1-9-4-2-5-10(8-9)19-14(15(18)20)11-6-3-7-12(16)13(11)17/h2-8,14,19H,1H3,(H2,18,20). The van der Waals surface area contributed by atoms with Gasteiger partial charge in [0.2, 0.25) is 5.91 Å². The van der Waals surface area contributed by atoms with Crippen LogP contribution in [0.25, 0.3) is 0 Å². The Balaban J connectivity index is 2.37. The first-order chi connectivity index (χ1) is 9.49. The average molecular weight is 309 g/mol. The average Bonchev–Trinajstić information content (AvgIpc) is 2.39. The molecule has 0 saturated heterocycles. The van der Waals surface area contributed by atoms with Gasteiger partial charge in [-0.05, 0) is 30.7 Å². The molecule has 0 saturated carbocycles. The topological polar surface area (TPSA) is 55.1 Å². The van der Waals surface area contributed by atoms with Crippen molar-refractivity contribution < 1.29 is 4.79 Å². The molecule has 1 atom stereocenters. The lowest BCUT2D eigenvalue weighted by molar-refractivity contribution is -0.118. The number of rotatable bonds is 4. The molecule has 2 aromatic rings. The summed E-state index contributed by atoms with van der Waals surface area (Å²) in [6.07, 6.45) is 0. The zero-order chi connectivity index (χ0) is 14.7. The second kappa shape index (κ2) is 6.16. The molecule has 0 radical (unpaired) electrons. The van der Waals surface area contributed by atoms with Gasteiger partial charge in [0.05, 0.1) is 10.0 Å². The molecule has 1 amide bonds. The van der Waals surface area contributed by atoms with Gasteiger partial charge in [-0.1, -0.05) is 47.5 Å². The molecule has 1 unspecified atom stereocenters. The molecular weight excluding hydrogens is 295 g/mol. The molecule has 0 bridgehead atoms. The van der Waals surface area contributed by atoms with E-state index in [1.807, 2.05) is 31.2 Å². The van der Waals surface area contributed by atoms with Gasteiger partial charge in [0.1, 0.15) is 6.04 Å². The number of benzene rings is 2. The van der Waals surface area contributed by atoms with Gasteiger partial charge >= 0.3 is 0 Å². The van der Waals surface area contributed by atoms with Crippen LogP contribution in [-0.2, 0) is 4.79 Å². The van der Waals surface area contributed by atoms with E-state index in [4.69, 9.17) is 28.9 Å². The number of anilines is 1. The molecule has 104 valence electrons. The van der Waals surface area contributed by atoms with E-state index in [9.17, 15) is 4.79 Å². The Morgan fingerprint density at radius 1 is 1.20 bits per heavy atom. The van der Waals surface area contributed by atoms with Gasteiger partial charge < -0.3 is 11.1 Å². The number of hydrogen-bond acceptors (Lipinski definition) is 2. The lowest BCUT2D eigenvalue weighted by Gasteiger charge is -2.19. The molecule has 2 rings (SSSR count).